The molecule has 2 N–H and O–H groups in total. The first-order valence-electron chi connectivity index (χ1n) is 9.43. The van der Waals surface area contributed by atoms with Gasteiger partial charge in [0.25, 0.3) is 0 Å². The van der Waals surface area contributed by atoms with Crippen LogP contribution in [0.15, 0.2) is 54.6 Å². The molecule has 1 aliphatic rings. The van der Waals surface area contributed by atoms with Crippen LogP contribution in [-0.4, -0.2) is 36.5 Å². The smallest absolute Gasteiger partial charge is 0.387 e. The lowest BCUT2D eigenvalue weighted by atomic mass is 9.97. The number of para-hydroxylation sites is 1. The van der Waals surface area contributed by atoms with E-state index in [4.69, 9.17) is 0 Å². The van der Waals surface area contributed by atoms with Gasteiger partial charge < -0.3 is 20.3 Å². The van der Waals surface area contributed by atoms with E-state index in [2.05, 4.69) is 15.4 Å². The number of carbonyl (C=O) groups is 2. The third-order valence-electron chi connectivity index (χ3n) is 4.72. The van der Waals surface area contributed by atoms with Crippen molar-refractivity contribution < 1.29 is 23.1 Å². The van der Waals surface area contributed by atoms with E-state index >= 15 is 0 Å². The van der Waals surface area contributed by atoms with Crippen LogP contribution in [0.1, 0.15) is 18.4 Å². The van der Waals surface area contributed by atoms with Crippen molar-refractivity contribution in [3.05, 3.63) is 60.2 Å². The second-order valence-corrected chi connectivity index (χ2v) is 6.82. The van der Waals surface area contributed by atoms with Gasteiger partial charge in [-0.25, -0.2) is 4.79 Å². The van der Waals surface area contributed by atoms with Gasteiger partial charge >= 0.3 is 12.6 Å². The largest absolute Gasteiger partial charge is 0.435 e. The molecule has 1 fully saturated rings. The number of hydrogen-bond acceptors (Lipinski definition) is 3. The average Bonchev–Trinajstić information content (AvgIpc) is 2.73. The maximum atomic E-state index is 12.5. The van der Waals surface area contributed by atoms with Crippen LogP contribution < -0.4 is 15.4 Å². The van der Waals surface area contributed by atoms with Crippen molar-refractivity contribution in [3.63, 3.8) is 0 Å². The van der Waals surface area contributed by atoms with E-state index in [0.717, 1.165) is 12.0 Å². The lowest BCUT2D eigenvalue weighted by Gasteiger charge is -2.32. The summed E-state index contributed by atoms with van der Waals surface area (Å²) in [6.45, 7) is -1.63. The first-order chi connectivity index (χ1) is 14.0. The van der Waals surface area contributed by atoms with Crippen LogP contribution >= 0.6 is 0 Å². The Hall–Kier alpha value is -3.16. The maximum absolute atomic E-state index is 12.5. The molecule has 1 atom stereocenters. The number of halogens is 2. The molecule has 6 nitrogen and oxygen atoms in total. The maximum Gasteiger partial charge on any atom is 0.387 e. The zero-order valence-electron chi connectivity index (χ0n) is 15.8. The van der Waals surface area contributed by atoms with E-state index < -0.39 is 6.61 Å². The zero-order valence-corrected chi connectivity index (χ0v) is 15.8. The second kappa shape index (κ2) is 9.86. The van der Waals surface area contributed by atoms with Gasteiger partial charge in [0.2, 0.25) is 5.91 Å². The molecule has 0 radical (unpaired) electrons. The summed E-state index contributed by atoms with van der Waals surface area (Å²) in [6, 6.07) is 15.1. The number of likely N-dealkylation sites (tertiary alicyclic amines) is 1. The number of urea groups is 1. The minimum Gasteiger partial charge on any atom is -0.435 e. The Bertz CT molecular complexity index is 816. The molecule has 0 bridgehead atoms. The van der Waals surface area contributed by atoms with Gasteiger partial charge in [-0.3, -0.25) is 4.79 Å². The van der Waals surface area contributed by atoms with Crippen molar-refractivity contribution in [2.24, 2.45) is 5.92 Å². The SMILES string of the molecule is O=C(NCc1ccc(OC(F)F)cc1)C1CCCN(C(=O)Nc2ccccc2)C1. The molecule has 3 amide bonds. The summed E-state index contributed by atoms with van der Waals surface area (Å²) in [5.41, 5.74) is 1.48. The fourth-order valence-corrected chi connectivity index (χ4v) is 3.22. The van der Waals surface area contributed by atoms with Crippen molar-refractivity contribution in [1.82, 2.24) is 10.2 Å². The molecule has 1 unspecified atom stereocenters. The van der Waals surface area contributed by atoms with Gasteiger partial charge in [-0.05, 0) is 42.7 Å². The van der Waals surface area contributed by atoms with Gasteiger partial charge in [0, 0.05) is 25.3 Å². The Morgan fingerprint density at radius 1 is 1.10 bits per heavy atom. The Labute approximate surface area is 167 Å². The Morgan fingerprint density at radius 3 is 2.52 bits per heavy atom. The summed E-state index contributed by atoms with van der Waals surface area (Å²) in [5.74, 6) is -0.343. The van der Waals surface area contributed by atoms with Crippen molar-refractivity contribution in [2.45, 2.75) is 26.0 Å². The van der Waals surface area contributed by atoms with E-state index in [1.807, 2.05) is 30.3 Å². The van der Waals surface area contributed by atoms with Gasteiger partial charge in [-0.2, -0.15) is 8.78 Å². The summed E-state index contributed by atoms with van der Waals surface area (Å²) in [4.78, 5) is 26.6. The van der Waals surface area contributed by atoms with Crippen LogP contribution in [0.2, 0.25) is 0 Å². The van der Waals surface area contributed by atoms with Gasteiger partial charge in [0.1, 0.15) is 5.75 Å². The van der Waals surface area contributed by atoms with Crippen LogP contribution in [-0.2, 0) is 11.3 Å². The molecule has 3 rings (SSSR count). The number of hydrogen-bond donors (Lipinski definition) is 2. The lowest BCUT2D eigenvalue weighted by molar-refractivity contribution is -0.126. The molecular weight excluding hydrogens is 380 g/mol. The van der Waals surface area contributed by atoms with Crippen molar-refractivity contribution in [3.8, 4) is 5.75 Å². The number of rotatable bonds is 6. The minimum absolute atomic E-state index is 0.0717. The number of nitrogens with one attached hydrogen (secondary N) is 2. The molecule has 0 aromatic heterocycles. The number of nitrogens with zero attached hydrogens (tertiary/aromatic N) is 1. The van der Waals surface area contributed by atoms with Crippen LogP contribution in [0.4, 0.5) is 19.3 Å². The normalized spacial score (nSPS) is 16.4. The van der Waals surface area contributed by atoms with Crippen LogP contribution in [0.3, 0.4) is 0 Å². The van der Waals surface area contributed by atoms with E-state index in [1.165, 1.54) is 12.1 Å². The summed E-state index contributed by atoms with van der Waals surface area (Å²) in [6.07, 6.45) is 1.46. The highest BCUT2D eigenvalue weighted by Crippen LogP contribution is 2.19. The lowest BCUT2D eigenvalue weighted by Crippen LogP contribution is -2.46. The molecule has 1 saturated heterocycles. The number of carbonyl (C=O) groups excluding carboxylic acids is 2. The van der Waals surface area contributed by atoms with Crippen molar-refractivity contribution in [1.29, 1.82) is 0 Å². The highest BCUT2D eigenvalue weighted by molar-refractivity contribution is 5.90. The first kappa shape index (κ1) is 20.6. The predicted octanol–water partition coefficient (Wildman–Crippen LogP) is 3.85. The van der Waals surface area contributed by atoms with Crippen molar-refractivity contribution in [2.75, 3.05) is 18.4 Å². The number of benzene rings is 2. The molecule has 1 aliphatic heterocycles. The number of amides is 3. The van der Waals surface area contributed by atoms with Crippen molar-refractivity contribution >= 4 is 17.6 Å². The second-order valence-electron chi connectivity index (χ2n) is 6.82. The molecule has 154 valence electrons. The molecule has 1 heterocycles. The Kier molecular flexibility index (Phi) is 6.99. The summed E-state index contributed by atoms with van der Waals surface area (Å²) < 4.78 is 28.7. The van der Waals surface area contributed by atoms with Gasteiger partial charge in [-0.1, -0.05) is 30.3 Å². The first-order valence-corrected chi connectivity index (χ1v) is 9.43. The Balaban J connectivity index is 1.48. The highest BCUT2D eigenvalue weighted by Gasteiger charge is 2.28. The quantitative estimate of drug-likeness (QED) is 0.770. The Morgan fingerprint density at radius 2 is 1.83 bits per heavy atom. The minimum atomic E-state index is -2.87. The van der Waals surface area contributed by atoms with Gasteiger partial charge in [0.05, 0.1) is 5.92 Å². The molecule has 0 aliphatic carbocycles. The number of ether oxygens (including phenoxy) is 1. The molecule has 0 saturated carbocycles. The monoisotopic (exact) mass is 403 g/mol. The molecule has 8 heteroatoms. The molecule has 29 heavy (non-hydrogen) atoms. The zero-order chi connectivity index (χ0) is 20.6. The number of anilines is 1. The third kappa shape index (κ3) is 6.17. The third-order valence-corrected chi connectivity index (χ3v) is 4.72. The molecular formula is C21H23F2N3O3. The van der Waals surface area contributed by atoms with Gasteiger partial charge in [0.15, 0.2) is 0 Å². The predicted molar refractivity (Wildman–Crippen MR) is 105 cm³/mol. The van der Waals surface area contributed by atoms with E-state index in [9.17, 15) is 18.4 Å². The fourth-order valence-electron chi connectivity index (χ4n) is 3.22. The van der Waals surface area contributed by atoms with E-state index in [0.29, 0.717) is 25.2 Å². The number of piperidine rings is 1. The summed E-state index contributed by atoms with van der Waals surface area (Å²) in [7, 11) is 0. The number of alkyl halides is 2. The molecule has 0 spiro atoms. The highest BCUT2D eigenvalue weighted by atomic mass is 19.3. The molecule has 2 aromatic carbocycles. The van der Waals surface area contributed by atoms with Crippen LogP contribution in [0, 0.1) is 5.92 Å². The topological polar surface area (TPSA) is 70.7 Å². The summed E-state index contributed by atoms with van der Waals surface area (Å²) >= 11 is 0. The average molecular weight is 403 g/mol. The van der Waals surface area contributed by atoms with Crippen LogP contribution in [0.5, 0.6) is 5.75 Å². The standard InChI is InChI=1S/C21H23F2N3O3/c22-20(23)29-18-10-8-15(9-11-18)13-24-19(27)16-5-4-12-26(14-16)21(28)25-17-6-2-1-3-7-17/h1-3,6-11,16,20H,4-5,12-14H2,(H,24,27)(H,25,28). The van der Waals surface area contributed by atoms with Crippen LogP contribution in [0.25, 0.3) is 0 Å². The van der Waals surface area contributed by atoms with E-state index in [1.54, 1.807) is 17.0 Å². The summed E-state index contributed by atoms with van der Waals surface area (Å²) in [5, 5.41) is 5.69. The molecule has 2 aromatic rings. The van der Waals surface area contributed by atoms with Gasteiger partial charge in [-0.15, -0.1) is 0 Å². The van der Waals surface area contributed by atoms with E-state index in [-0.39, 0.29) is 30.2 Å². The fraction of sp³-hybridized carbons (Fsp3) is 0.333.